The van der Waals surface area contributed by atoms with Gasteiger partial charge in [-0.1, -0.05) is 30.3 Å². The lowest BCUT2D eigenvalue weighted by atomic mass is 10.1. The van der Waals surface area contributed by atoms with E-state index in [1.807, 2.05) is 61.5 Å². The topological polar surface area (TPSA) is 98.3 Å². The average Bonchev–Trinajstić information content (AvgIpc) is 2.96. The molecule has 1 aliphatic rings. The van der Waals surface area contributed by atoms with E-state index in [4.69, 9.17) is 0 Å². The molecule has 0 unspecified atom stereocenters. The molecule has 7 heteroatoms. The van der Waals surface area contributed by atoms with Crippen LogP contribution in [-0.2, 0) is 6.54 Å². The first-order valence-corrected chi connectivity index (χ1v) is 10.6. The largest absolute Gasteiger partial charge is 0.508 e. The van der Waals surface area contributed by atoms with E-state index >= 15 is 0 Å². The van der Waals surface area contributed by atoms with Gasteiger partial charge in [0.2, 0.25) is 0 Å². The molecule has 164 valence electrons. The fraction of sp³-hybridized carbons (Fsp3) is 0.0769. The van der Waals surface area contributed by atoms with Gasteiger partial charge in [-0.25, -0.2) is 4.98 Å². The standard InChI is InChI=1S/C26H23N5O2/c1-16-7-9-19(32)14-22(16)29-21-11-12-27-25-24(21)26(33)31-23-13-17(8-10-20(23)30-25)15-28-18-5-3-2-4-6-18/h2-14,28,32H,15H2,1H3,(H,31,33)(H2,27,29,30). The number of pyridine rings is 1. The Morgan fingerprint density at radius 3 is 2.61 bits per heavy atom. The summed E-state index contributed by atoms with van der Waals surface area (Å²) in [7, 11) is 0. The first-order chi connectivity index (χ1) is 16.1. The smallest absolute Gasteiger partial charge is 0.261 e. The van der Waals surface area contributed by atoms with E-state index in [0.717, 1.165) is 22.5 Å². The molecule has 2 heterocycles. The summed E-state index contributed by atoms with van der Waals surface area (Å²) in [5, 5.41) is 22.8. The summed E-state index contributed by atoms with van der Waals surface area (Å²) in [6.07, 6.45) is 1.64. The molecule has 0 bridgehead atoms. The van der Waals surface area contributed by atoms with E-state index in [9.17, 15) is 9.90 Å². The second-order valence-corrected chi connectivity index (χ2v) is 7.88. The van der Waals surface area contributed by atoms with Crippen LogP contribution in [0.25, 0.3) is 0 Å². The number of para-hydroxylation sites is 1. The molecule has 7 nitrogen and oxygen atoms in total. The van der Waals surface area contributed by atoms with Crippen molar-refractivity contribution < 1.29 is 9.90 Å². The van der Waals surface area contributed by atoms with Crippen molar-refractivity contribution in [2.24, 2.45) is 0 Å². The predicted octanol–water partition coefficient (Wildman–Crippen LogP) is 5.76. The number of hydrogen-bond donors (Lipinski definition) is 5. The summed E-state index contributed by atoms with van der Waals surface area (Å²) in [6.45, 7) is 2.56. The Hall–Kier alpha value is -4.52. The zero-order valence-electron chi connectivity index (χ0n) is 18.0. The van der Waals surface area contributed by atoms with Crippen LogP contribution < -0.4 is 21.3 Å². The van der Waals surface area contributed by atoms with Crippen molar-refractivity contribution in [3.8, 4) is 5.75 Å². The summed E-state index contributed by atoms with van der Waals surface area (Å²) in [6, 6.07) is 22.7. The number of aryl methyl sites for hydroxylation is 1. The van der Waals surface area contributed by atoms with Crippen LogP contribution in [0.15, 0.2) is 79.0 Å². The molecule has 33 heavy (non-hydrogen) atoms. The number of rotatable bonds is 5. The summed E-state index contributed by atoms with van der Waals surface area (Å²) < 4.78 is 0. The Labute approximate surface area is 191 Å². The molecule has 0 aliphatic carbocycles. The van der Waals surface area contributed by atoms with Crippen molar-refractivity contribution in [1.29, 1.82) is 0 Å². The highest BCUT2D eigenvalue weighted by Crippen LogP contribution is 2.36. The molecule has 0 fully saturated rings. The monoisotopic (exact) mass is 437 g/mol. The molecule has 0 saturated heterocycles. The third-order valence-corrected chi connectivity index (χ3v) is 5.52. The molecule has 1 amide bonds. The van der Waals surface area contributed by atoms with Crippen LogP contribution in [0.5, 0.6) is 5.75 Å². The number of hydrogen-bond acceptors (Lipinski definition) is 6. The highest BCUT2D eigenvalue weighted by molar-refractivity contribution is 6.15. The second-order valence-electron chi connectivity index (χ2n) is 7.88. The van der Waals surface area contributed by atoms with E-state index in [2.05, 4.69) is 26.3 Å². The number of nitrogens with one attached hydrogen (secondary N) is 4. The zero-order chi connectivity index (χ0) is 22.8. The number of carbonyl (C=O) groups excluding carboxylic acids is 1. The molecule has 3 aromatic carbocycles. The summed E-state index contributed by atoms with van der Waals surface area (Å²) >= 11 is 0. The fourth-order valence-electron chi connectivity index (χ4n) is 3.77. The first-order valence-electron chi connectivity index (χ1n) is 10.6. The van der Waals surface area contributed by atoms with Crippen molar-refractivity contribution in [2.45, 2.75) is 13.5 Å². The van der Waals surface area contributed by atoms with Crippen molar-refractivity contribution in [2.75, 3.05) is 21.3 Å². The van der Waals surface area contributed by atoms with Crippen LogP contribution in [0.3, 0.4) is 0 Å². The van der Waals surface area contributed by atoms with E-state index < -0.39 is 0 Å². The molecule has 4 aromatic rings. The van der Waals surface area contributed by atoms with Crippen molar-refractivity contribution >= 4 is 40.2 Å². The van der Waals surface area contributed by atoms with Gasteiger partial charge in [-0.2, -0.15) is 0 Å². The van der Waals surface area contributed by atoms with Gasteiger partial charge in [0.1, 0.15) is 17.1 Å². The first kappa shape index (κ1) is 20.4. The maximum Gasteiger partial charge on any atom is 0.261 e. The highest BCUT2D eigenvalue weighted by atomic mass is 16.3. The predicted molar refractivity (Wildman–Crippen MR) is 132 cm³/mol. The number of fused-ring (bicyclic) bond motifs is 2. The highest BCUT2D eigenvalue weighted by Gasteiger charge is 2.24. The van der Waals surface area contributed by atoms with Gasteiger partial charge in [-0.05, 0) is 54.4 Å². The van der Waals surface area contributed by atoms with Crippen LogP contribution in [0.1, 0.15) is 21.5 Å². The molecule has 5 rings (SSSR count). The lowest BCUT2D eigenvalue weighted by Crippen LogP contribution is -2.14. The molecular weight excluding hydrogens is 414 g/mol. The lowest BCUT2D eigenvalue weighted by Gasteiger charge is -2.14. The Morgan fingerprint density at radius 2 is 1.76 bits per heavy atom. The Balaban J connectivity index is 1.42. The summed E-state index contributed by atoms with van der Waals surface area (Å²) in [4.78, 5) is 17.6. The van der Waals surface area contributed by atoms with Gasteiger partial charge in [-0.15, -0.1) is 0 Å². The molecular formula is C26H23N5O2. The molecule has 5 N–H and O–H groups in total. The van der Waals surface area contributed by atoms with Gasteiger partial charge in [0.05, 0.1) is 17.1 Å². The molecule has 0 radical (unpaired) electrons. The van der Waals surface area contributed by atoms with Crippen LogP contribution in [-0.4, -0.2) is 16.0 Å². The number of amides is 1. The quantitative estimate of drug-likeness (QED) is 0.272. The van der Waals surface area contributed by atoms with Crippen LogP contribution in [0.2, 0.25) is 0 Å². The number of phenols is 1. The Morgan fingerprint density at radius 1 is 0.909 bits per heavy atom. The van der Waals surface area contributed by atoms with Gasteiger partial charge >= 0.3 is 0 Å². The number of benzene rings is 3. The minimum absolute atomic E-state index is 0.148. The molecule has 0 atom stereocenters. The van der Waals surface area contributed by atoms with Gasteiger partial charge in [-0.3, -0.25) is 4.79 Å². The van der Waals surface area contributed by atoms with E-state index in [1.54, 1.807) is 24.4 Å². The van der Waals surface area contributed by atoms with Crippen LogP contribution >= 0.6 is 0 Å². The third-order valence-electron chi connectivity index (χ3n) is 5.52. The number of aromatic hydroxyl groups is 1. The number of phenolic OH excluding ortho intramolecular Hbond substituents is 1. The van der Waals surface area contributed by atoms with Crippen LogP contribution in [0.4, 0.5) is 34.3 Å². The van der Waals surface area contributed by atoms with E-state index in [-0.39, 0.29) is 11.7 Å². The summed E-state index contributed by atoms with van der Waals surface area (Å²) in [5.41, 5.74) is 6.18. The van der Waals surface area contributed by atoms with Crippen molar-refractivity contribution in [3.63, 3.8) is 0 Å². The molecule has 1 aromatic heterocycles. The number of aromatic nitrogens is 1. The molecule has 0 spiro atoms. The number of carbonyl (C=O) groups is 1. The fourth-order valence-corrected chi connectivity index (χ4v) is 3.77. The maximum absolute atomic E-state index is 13.2. The van der Waals surface area contributed by atoms with Crippen molar-refractivity contribution in [1.82, 2.24) is 4.98 Å². The molecule has 1 aliphatic heterocycles. The molecule has 0 saturated carbocycles. The second kappa shape index (κ2) is 8.55. The van der Waals surface area contributed by atoms with Gasteiger partial charge in [0.15, 0.2) is 0 Å². The summed E-state index contributed by atoms with van der Waals surface area (Å²) in [5.74, 6) is 0.344. The van der Waals surface area contributed by atoms with E-state index in [0.29, 0.717) is 35.0 Å². The van der Waals surface area contributed by atoms with Gasteiger partial charge < -0.3 is 26.4 Å². The SMILES string of the molecule is Cc1ccc(O)cc1Nc1ccnc2c1C(=O)Nc1cc(CNc3ccccc3)ccc1N2. The Bertz CT molecular complexity index is 1340. The third kappa shape index (κ3) is 4.29. The maximum atomic E-state index is 13.2. The minimum atomic E-state index is -0.266. The zero-order valence-corrected chi connectivity index (χ0v) is 18.0. The van der Waals surface area contributed by atoms with Gasteiger partial charge in [0, 0.05) is 30.2 Å². The number of anilines is 6. The lowest BCUT2D eigenvalue weighted by molar-refractivity contribution is 0.102. The van der Waals surface area contributed by atoms with E-state index in [1.165, 1.54) is 0 Å². The Kier molecular flexibility index (Phi) is 5.28. The van der Waals surface area contributed by atoms with Crippen LogP contribution in [0, 0.1) is 6.92 Å². The van der Waals surface area contributed by atoms with Gasteiger partial charge in [0.25, 0.3) is 5.91 Å². The number of nitrogens with zero attached hydrogens (tertiary/aromatic N) is 1. The average molecular weight is 438 g/mol. The minimum Gasteiger partial charge on any atom is -0.508 e. The normalized spacial score (nSPS) is 12.0. The van der Waals surface area contributed by atoms with Crippen molar-refractivity contribution in [3.05, 3.63) is 95.7 Å².